The lowest BCUT2D eigenvalue weighted by atomic mass is 10.1. The third-order valence-corrected chi connectivity index (χ3v) is 2.54. The fraction of sp³-hybridized carbons (Fsp3) is 0.364. The fourth-order valence-electron chi connectivity index (χ4n) is 1.69. The van der Waals surface area contributed by atoms with Gasteiger partial charge in [0.1, 0.15) is 5.82 Å². The minimum Gasteiger partial charge on any atom is -0.478 e. The molecule has 2 rings (SSSR count). The molecule has 0 saturated carbocycles. The van der Waals surface area contributed by atoms with Crippen LogP contribution in [-0.4, -0.2) is 37.4 Å². The van der Waals surface area contributed by atoms with Crippen molar-refractivity contribution < 1.29 is 19.0 Å². The molecule has 0 atom stereocenters. The number of hydrogen-bond acceptors (Lipinski definition) is 3. The highest BCUT2D eigenvalue weighted by molar-refractivity contribution is 5.88. The molecule has 1 aromatic carbocycles. The normalized spacial score (nSPS) is 15.2. The van der Waals surface area contributed by atoms with Gasteiger partial charge in [-0.3, -0.25) is 0 Å². The molecule has 1 fully saturated rings. The second-order valence-corrected chi connectivity index (χ2v) is 3.57. The van der Waals surface area contributed by atoms with Crippen LogP contribution in [0.3, 0.4) is 0 Å². The largest absolute Gasteiger partial charge is 0.478 e. The first-order valence-electron chi connectivity index (χ1n) is 5.04. The standard InChI is InChI=1S/C11H12FNO3.ClH/c12-9-2-1-8(11(14)15)7-10(9)13-3-5-16-6-4-13;/h1-2,7H,3-6H2,(H,14,15);1H. The quantitative estimate of drug-likeness (QED) is 0.882. The predicted molar refractivity (Wildman–Crippen MR) is 63.6 cm³/mol. The van der Waals surface area contributed by atoms with Crippen molar-refractivity contribution in [1.29, 1.82) is 0 Å². The Kier molecular flexibility index (Phi) is 4.72. The number of carbonyl (C=O) groups is 1. The van der Waals surface area contributed by atoms with Crippen molar-refractivity contribution in [3.05, 3.63) is 29.6 Å². The van der Waals surface area contributed by atoms with Gasteiger partial charge in [0.25, 0.3) is 0 Å². The summed E-state index contributed by atoms with van der Waals surface area (Å²) in [6, 6.07) is 3.82. The molecule has 0 spiro atoms. The Balaban J connectivity index is 0.00000144. The molecule has 6 heteroatoms. The molecule has 1 heterocycles. The van der Waals surface area contributed by atoms with E-state index in [-0.39, 0.29) is 18.0 Å². The molecule has 0 aromatic heterocycles. The maximum Gasteiger partial charge on any atom is 0.335 e. The average molecular weight is 262 g/mol. The van der Waals surface area contributed by atoms with Crippen molar-refractivity contribution in [2.24, 2.45) is 0 Å². The number of hydrogen-bond donors (Lipinski definition) is 1. The van der Waals surface area contributed by atoms with Crippen LogP contribution in [-0.2, 0) is 4.74 Å². The Labute approximate surface area is 104 Å². The summed E-state index contributed by atoms with van der Waals surface area (Å²) in [4.78, 5) is 12.6. The van der Waals surface area contributed by atoms with Gasteiger partial charge in [0, 0.05) is 13.1 Å². The van der Waals surface area contributed by atoms with Gasteiger partial charge in [0.2, 0.25) is 0 Å². The first-order valence-corrected chi connectivity index (χ1v) is 5.04. The summed E-state index contributed by atoms with van der Waals surface area (Å²) in [6.07, 6.45) is 0. The van der Waals surface area contributed by atoms with E-state index in [1.54, 1.807) is 4.90 Å². The van der Waals surface area contributed by atoms with Gasteiger partial charge in [-0.1, -0.05) is 0 Å². The van der Waals surface area contributed by atoms with Crippen molar-refractivity contribution in [1.82, 2.24) is 0 Å². The molecular formula is C11H13ClFNO3. The van der Waals surface area contributed by atoms with E-state index in [2.05, 4.69) is 0 Å². The zero-order valence-electron chi connectivity index (χ0n) is 9.06. The summed E-state index contributed by atoms with van der Waals surface area (Å²) >= 11 is 0. The van der Waals surface area contributed by atoms with Gasteiger partial charge in [0.05, 0.1) is 24.5 Å². The van der Waals surface area contributed by atoms with Crippen molar-refractivity contribution in [3.63, 3.8) is 0 Å². The number of benzene rings is 1. The van der Waals surface area contributed by atoms with E-state index in [1.807, 2.05) is 0 Å². The van der Waals surface area contributed by atoms with Gasteiger partial charge >= 0.3 is 5.97 Å². The van der Waals surface area contributed by atoms with Gasteiger partial charge in [-0.25, -0.2) is 9.18 Å². The van der Waals surface area contributed by atoms with Crippen LogP contribution < -0.4 is 4.90 Å². The Bertz CT molecular complexity index is 408. The number of rotatable bonds is 2. The molecule has 0 amide bonds. The molecule has 0 radical (unpaired) electrons. The van der Waals surface area contributed by atoms with Crippen LogP contribution in [0.25, 0.3) is 0 Å². The van der Waals surface area contributed by atoms with Crippen LogP contribution in [0, 0.1) is 5.82 Å². The SMILES string of the molecule is Cl.O=C(O)c1ccc(F)c(N2CCOCC2)c1. The highest BCUT2D eigenvalue weighted by Crippen LogP contribution is 2.21. The number of nitrogens with zero attached hydrogens (tertiary/aromatic N) is 1. The monoisotopic (exact) mass is 261 g/mol. The van der Waals surface area contributed by atoms with Crippen LogP contribution in [0.15, 0.2) is 18.2 Å². The summed E-state index contributed by atoms with van der Waals surface area (Å²) in [7, 11) is 0. The van der Waals surface area contributed by atoms with Gasteiger partial charge in [0.15, 0.2) is 0 Å². The van der Waals surface area contributed by atoms with E-state index < -0.39 is 11.8 Å². The summed E-state index contributed by atoms with van der Waals surface area (Å²) in [5, 5.41) is 8.83. The summed E-state index contributed by atoms with van der Waals surface area (Å²) in [5.41, 5.74) is 0.436. The van der Waals surface area contributed by atoms with E-state index in [9.17, 15) is 9.18 Å². The topological polar surface area (TPSA) is 49.8 Å². The molecule has 17 heavy (non-hydrogen) atoms. The zero-order chi connectivity index (χ0) is 11.5. The molecule has 1 aliphatic rings. The maximum atomic E-state index is 13.5. The molecule has 0 unspecified atom stereocenters. The molecule has 4 nitrogen and oxygen atoms in total. The Morgan fingerprint density at radius 3 is 2.59 bits per heavy atom. The van der Waals surface area contributed by atoms with Crippen LogP contribution in [0.1, 0.15) is 10.4 Å². The minimum absolute atomic E-state index is 0. The maximum absolute atomic E-state index is 13.5. The number of carboxylic acid groups (broad SMARTS) is 1. The molecule has 1 aromatic rings. The second-order valence-electron chi connectivity index (χ2n) is 3.57. The number of halogens is 2. The smallest absolute Gasteiger partial charge is 0.335 e. The van der Waals surface area contributed by atoms with Crippen molar-refractivity contribution in [3.8, 4) is 0 Å². The Hall–Kier alpha value is -1.33. The van der Waals surface area contributed by atoms with E-state index in [0.29, 0.717) is 32.0 Å². The molecule has 94 valence electrons. The second kappa shape index (κ2) is 5.84. The lowest BCUT2D eigenvalue weighted by Crippen LogP contribution is -2.36. The summed E-state index contributed by atoms with van der Waals surface area (Å²) in [6.45, 7) is 2.24. The molecule has 1 aliphatic heterocycles. The summed E-state index contributed by atoms with van der Waals surface area (Å²) in [5.74, 6) is -1.44. The van der Waals surface area contributed by atoms with Crippen LogP contribution >= 0.6 is 12.4 Å². The molecular weight excluding hydrogens is 249 g/mol. The predicted octanol–water partition coefficient (Wildman–Crippen LogP) is 1.78. The molecule has 0 bridgehead atoms. The lowest BCUT2D eigenvalue weighted by molar-refractivity contribution is 0.0697. The minimum atomic E-state index is -1.05. The van der Waals surface area contributed by atoms with Crippen molar-refractivity contribution in [2.45, 2.75) is 0 Å². The van der Waals surface area contributed by atoms with Gasteiger partial charge < -0.3 is 14.7 Å². The average Bonchev–Trinajstić information content (AvgIpc) is 2.30. The van der Waals surface area contributed by atoms with Gasteiger partial charge in [-0.2, -0.15) is 0 Å². The third-order valence-electron chi connectivity index (χ3n) is 2.54. The van der Waals surface area contributed by atoms with E-state index >= 15 is 0 Å². The van der Waals surface area contributed by atoms with Crippen LogP contribution in [0.2, 0.25) is 0 Å². The number of anilines is 1. The molecule has 1 saturated heterocycles. The number of morpholine rings is 1. The third kappa shape index (κ3) is 3.08. The number of ether oxygens (including phenoxy) is 1. The Morgan fingerprint density at radius 2 is 2.00 bits per heavy atom. The first kappa shape index (κ1) is 13.7. The van der Waals surface area contributed by atoms with Crippen molar-refractivity contribution in [2.75, 3.05) is 31.2 Å². The van der Waals surface area contributed by atoms with Crippen LogP contribution in [0.4, 0.5) is 10.1 Å². The molecule has 0 aliphatic carbocycles. The fourth-order valence-corrected chi connectivity index (χ4v) is 1.69. The van der Waals surface area contributed by atoms with E-state index in [0.717, 1.165) is 0 Å². The lowest BCUT2D eigenvalue weighted by Gasteiger charge is -2.29. The highest BCUT2D eigenvalue weighted by atomic mass is 35.5. The number of carboxylic acids is 1. The Morgan fingerprint density at radius 1 is 1.35 bits per heavy atom. The zero-order valence-corrected chi connectivity index (χ0v) is 9.87. The van der Waals surface area contributed by atoms with E-state index in [4.69, 9.17) is 9.84 Å². The highest BCUT2D eigenvalue weighted by Gasteiger charge is 2.16. The van der Waals surface area contributed by atoms with Gasteiger partial charge in [-0.05, 0) is 18.2 Å². The van der Waals surface area contributed by atoms with Gasteiger partial charge in [-0.15, -0.1) is 12.4 Å². The first-order chi connectivity index (χ1) is 7.68. The van der Waals surface area contributed by atoms with E-state index in [1.165, 1.54) is 18.2 Å². The van der Waals surface area contributed by atoms with Crippen LogP contribution in [0.5, 0.6) is 0 Å². The number of aromatic carboxylic acids is 1. The molecule has 1 N–H and O–H groups in total. The van der Waals surface area contributed by atoms with Crippen molar-refractivity contribution >= 4 is 24.1 Å². The summed E-state index contributed by atoms with van der Waals surface area (Å²) < 4.78 is 18.7.